The number of urea groups is 1. The molecule has 0 bridgehead atoms. The second kappa shape index (κ2) is 5.25. The van der Waals surface area contributed by atoms with E-state index in [4.69, 9.17) is 11.6 Å². The topological polar surface area (TPSA) is 66.5 Å². The SMILES string of the molecule is CCC1(CC)C(=O)NC(=O)N(c2cccc(Cl)c2)C1=O. The summed E-state index contributed by atoms with van der Waals surface area (Å²) in [6, 6.07) is 5.68. The molecule has 1 N–H and O–H groups in total. The van der Waals surface area contributed by atoms with E-state index >= 15 is 0 Å². The standard InChI is InChI=1S/C14H15ClN2O3/c1-3-14(4-2)11(18)16-13(20)17(12(14)19)10-7-5-6-9(15)8-10/h5-8H,3-4H2,1-2H3,(H,16,18,20). The lowest BCUT2D eigenvalue weighted by Gasteiger charge is -2.38. The Morgan fingerprint density at radius 2 is 1.85 bits per heavy atom. The predicted molar refractivity (Wildman–Crippen MR) is 75.5 cm³/mol. The van der Waals surface area contributed by atoms with E-state index < -0.39 is 23.3 Å². The number of amides is 4. The van der Waals surface area contributed by atoms with E-state index in [1.54, 1.807) is 32.0 Å². The van der Waals surface area contributed by atoms with Crippen LogP contribution in [0.15, 0.2) is 24.3 Å². The maximum atomic E-state index is 12.6. The van der Waals surface area contributed by atoms with Crippen molar-refractivity contribution >= 4 is 35.1 Å². The normalized spacial score (nSPS) is 18.1. The molecule has 0 spiro atoms. The van der Waals surface area contributed by atoms with Crippen molar-refractivity contribution in [2.75, 3.05) is 4.90 Å². The van der Waals surface area contributed by atoms with Gasteiger partial charge in [0, 0.05) is 5.02 Å². The molecular formula is C14H15ClN2O3. The van der Waals surface area contributed by atoms with E-state index in [2.05, 4.69) is 5.32 Å². The highest BCUT2D eigenvalue weighted by Gasteiger charge is 2.51. The monoisotopic (exact) mass is 294 g/mol. The smallest absolute Gasteiger partial charge is 0.276 e. The molecule has 1 heterocycles. The number of hydrogen-bond donors (Lipinski definition) is 1. The number of imide groups is 2. The lowest BCUT2D eigenvalue weighted by molar-refractivity contribution is -0.143. The van der Waals surface area contributed by atoms with Crippen LogP contribution in [0.1, 0.15) is 26.7 Å². The lowest BCUT2D eigenvalue weighted by Crippen LogP contribution is -2.63. The molecule has 0 unspecified atom stereocenters. The molecule has 0 radical (unpaired) electrons. The molecule has 0 atom stereocenters. The first kappa shape index (κ1) is 14.5. The Bertz CT molecular complexity index is 582. The van der Waals surface area contributed by atoms with E-state index in [9.17, 15) is 14.4 Å². The summed E-state index contributed by atoms with van der Waals surface area (Å²) in [6.45, 7) is 3.51. The molecule has 1 aromatic rings. The van der Waals surface area contributed by atoms with E-state index in [1.807, 2.05) is 0 Å². The van der Waals surface area contributed by atoms with Gasteiger partial charge >= 0.3 is 6.03 Å². The van der Waals surface area contributed by atoms with Crippen LogP contribution in [-0.2, 0) is 9.59 Å². The van der Waals surface area contributed by atoms with Gasteiger partial charge in [0.15, 0.2) is 0 Å². The number of carbonyl (C=O) groups excluding carboxylic acids is 3. The van der Waals surface area contributed by atoms with E-state index in [0.29, 0.717) is 23.6 Å². The van der Waals surface area contributed by atoms with Gasteiger partial charge in [0.05, 0.1) is 5.69 Å². The molecule has 6 heteroatoms. The summed E-state index contributed by atoms with van der Waals surface area (Å²) in [7, 11) is 0. The highest BCUT2D eigenvalue weighted by Crippen LogP contribution is 2.35. The summed E-state index contributed by atoms with van der Waals surface area (Å²) in [4.78, 5) is 37.6. The zero-order valence-corrected chi connectivity index (χ0v) is 12.0. The summed E-state index contributed by atoms with van der Waals surface area (Å²) in [5.41, 5.74) is -0.838. The van der Waals surface area contributed by atoms with Gasteiger partial charge in [-0.3, -0.25) is 14.9 Å². The second-order valence-electron chi connectivity index (χ2n) is 4.67. The lowest BCUT2D eigenvalue weighted by atomic mass is 9.78. The highest BCUT2D eigenvalue weighted by molar-refractivity contribution is 6.32. The number of barbiturate groups is 1. The fourth-order valence-electron chi connectivity index (χ4n) is 2.40. The first-order chi connectivity index (χ1) is 9.46. The third-order valence-electron chi connectivity index (χ3n) is 3.74. The third kappa shape index (κ3) is 2.08. The molecule has 20 heavy (non-hydrogen) atoms. The molecular weight excluding hydrogens is 280 g/mol. The van der Waals surface area contributed by atoms with Crippen LogP contribution >= 0.6 is 11.6 Å². The van der Waals surface area contributed by atoms with E-state index in [-0.39, 0.29) is 0 Å². The van der Waals surface area contributed by atoms with Crippen molar-refractivity contribution in [1.82, 2.24) is 5.32 Å². The summed E-state index contributed by atoms with van der Waals surface area (Å²) < 4.78 is 0. The Morgan fingerprint density at radius 1 is 1.20 bits per heavy atom. The number of benzene rings is 1. The number of carbonyl (C=O) groups is 3. The van der Waals surface area contributed by atoms with Crippen LogP contribution in [0.5, 0.6) is 0 Å². The average Bonchev–Trinajstić information content (AvgIpc) is 2.40. The van der Waals surface area contributed by atoms with Crippen molar-refractivity contribution in [3.8, 4) is 0 Å². The van der Waals surface area contributed by atoms with Crippen LogP contribution in [0.3, 0.4) is 0 Å². The zero-order valence-electron chi connectivity index (χ0n) is 11.3. The Kier molecular flexibility index (Phi) is 3.81. The molecule has 1 aromatic carbocycles. The molecule has 1 saturated heterocycles. The molecule has 0 aliphatic carbocycles. The van der Waals surface area contributed by atoms with Gasteiger partial charge in [-0.15, -0.1) is 0 Å². The van der Waals surface area contributed by atoms with Crippen molar-refractivity contribution in [3.63, 3.8) is 0 Å². The zero-order chi connectivity index (χ0) is 14.9. The number of nitrogens with zero attached hydrogens (tertiary/aromatic N) is 1. The van der Waals surface area contributed by atoms with Crippen LogP contribution in [0, 0.1) is 5.41 Å². The van der Waals surface area contributed by atoms with Gasteiger partial charge in [-0.2, -0.15) is 0 Å². The van der Waals surface area contributed by atoms with Gasteiger partial charge in [-0.25, -0.2) is 9.69 Å². The number of hydrogen-bond acceptors (Lipinski definition) is 3. The molecule has 106 valence electrons. The van der Waals surface area contributed by atoms with E-state index in [0.717, 1.165) is 4.90 Å². The molecule has 0 aromatic heterocycles. The highest BCUT2D eigenvalue weighted by atomic mass is 35.5. The summed E-state index contributed by atoms with van der Waals surface area (Å²) in [5.74, 6) is -1.03. The van der Waals surface area contributed by atoms with Crippen LogP contribution < -0.4 is 10.2 Å². The quantitative estimate of drug-likeness (QED) is 0.872. The fraction of sp³-hybridized carbons (Fsp3) is 0.357. The van der Waals surface area contributed by atoms with Gasteiger partial charge in [-0.1, -0.05) is 31.5 Å². The molecule has 1 fully saturated rings. The average molecular weight is 295 g/mol. The van der Waals surface area contributed by atoms with Gasteiger partial charge in [-0.05, 0) is 31.0 Å². The van der Waals surface area contributed by atoms with E-state index in [1.165, 1.54) is 6.07 Å². The first-order valence-electron chi connectivity index (χ1n) is 6.41. The minimum Gasteiger partial charge on any atom is -0.276 e. The molecule has 1 aliphatic rings. The number of rotatable bonds is 3. The van der Waals surface area contributed by atoms with Crippen molar-refractivity contribution in [3.05, 3.63) is 29.3 Å². The Balaban J connectivity index is 2.50. The molecule has 5 nitrogen and oxygen atoms in total. The number of nitrogens with one attached hydrogen (secondary N) is 1. The molecule has 0 saturated carbocycles. The van der Waals surface area contributed by atoms with Gasteiger partial charge in [0.25, 0.3) is 5.91 Å². The van der Waals surface area contributed by atoms with Crippen LogP contribution in [0.25, 0.3) is 0 Å². The second-order valence-corrected chi connectivity index (χ2v) is 5.11. The maximum absolute atomic E-state index is 12.6. The Morgan fingerprint density at radius 3 is 2.40 bits per heavy atom. The summed E-state index contributed by atoms with van der Waals surface area (Å²) >= 11 is 5.89. The van der Waals surface area contributed by atoms with Crippen LogP contribution in [0.4, 0.5) is 10.5 Å². The Hall–Kier alpha value is -1.88. The number of halogens is 1. The maximum Gasteiger partial charge on any atom is 0.335 e. The van der Waals surface area contributed by atoms with Crippen LogP contribution in [-0.4, -0.2) is 17.8 Å². The molecule has 4 amide bonds. The minimum absolute atomic E-state index is 0.332. The van der Waals surface area contributed by atoms with Crippen LogP contribution in [0.2, 0.25) is 5.02 Å². The van der Waals surface area contributed by atoms with Gasteiger partial charge in [0.2, 0.25) is 5.91 Å². The summed E-state index contributed by atoms with van der Waals surface area (Å²) in [6.07, 6.45) is 0.664. The molecule has 2 rings (SSSR count). The Labute approximate surface area is 121 Å². The fourth-order valence-corrected chi connectivity index (χ4v) is 2.58. The first-order valence-corrected chi connectivity index (χ1v) is 6.79. The minimum atomic E-state index is -1.20. The van der Waals surface area contributed by atoms with Gasteiger partial charge in [0.1, 0.15) is 5.41 Å². The van der Waals surface area contributed by atoms with Crippen molar-refractivity contribution < 1.29 is 14.4 Å². The largest absolute Gasteiger partial charge is 0.335 e. The van der Waals surface area contributed by atoms with Gasteiger partial charge < -0.3 is 0 Å². The van der Waals surface area contributed by atoms with Crippen molar-refractivity contribution in [2.45, 2.75) is 26.7 Å². The summed E-state index contributed by atoms with van der Waals surface area (Å²) in [5, 5.41) is 2.67. The van der Waals surface area contributed by atoms with Crippen molar-refractivity contribution in [1.29, 1.82) is 0 Å². The van der Waals surface area contributed by atoms with Crippen molar-refractivity contribution in [2.24, 2.45) is 5.41 Å². The number of anilines is 1. The third-order valence-corrected chi connectivity index (χ3v) is 3.98. The molecule has 1 aliphatic heterocycles. The predicted octanol–water partition coefficient (Wildman–Crippen LogP) is 2.73.